The van der Waals surface area contributed by atoms with Crippen molar-refractivity contribution in [1.82, 2.24) is 0 Å². The molecule has 0 amide bonds. The molecule has 0 spiro atoms. The highest BCUT2D eigenvalue weighted by atomic mass is 35.5. The van der Waals surface area contributed by atoms with Crippen LogP contribution in [0.1, 0.15) is 18.1 Å². The van der Waals surface area contributed by atoms with Gasteiger partial charge in [-0.15, -0.1) is 0 Å². The number of rotatable bonds is 4. The Bertz CT molecular complexity index is 538. The van der Waals surface area contributed by atoms with E-state index in [1.54, 1.807) is 12.1 Å². The molecule has 18 heavy (non-hydrogen) atoms. The standard InChI is InChI=1S/C15H15ClO2/c1-2-11-5-3-4-6-15(11)18-13-8-7-12(10-17)14(16)9-13/h3-9,17H,2,10H2,1H3. The minimum atomic E-state index is -0.0648. The molecule has 1 N–H and O–H groups in total. The van der Waals surface area contributed by atoms with Crippen LogP contribution >= 0.6 is 11.6 Å². The van der Waals surface area contributed by atoms with Crippen molar-refractivity contribution in [3.63, 3.8) is 0 Å². The monoisotopic (exact) mass is 262 g/mol. The zero-order valence-corrected chi connectivity index (χ0v) is 10.9. The second-order valence-corrected chi connectivity index (χ2v) is 4.38. The van der Waals surface area contributed by atoms with Gasteiger partial charge in [-0.05, 0) is 35.7 Å². The van der Waals surface area contributed by atoms with Gasteiger partial charge in [0.1, 0.15) is 11.5 Å². The van der Waals surface area contributed by atoms with E-state index >= 15 is 0 Å². The van der Waals surface area contributed by atoms with Crippen molar-refractivity contribution in [1.29, 1.82) is 0 Å². The minimum Gasteiger partial charge on any atom is -0.457 e. The van der Waals surface area contributed by atoms with Gasteiger partial charge in [0.15, 0.2) is 0 Å². The predicted octanol–water partition coefficient (Wildman–Crippen LogP) is 4.19. The van der Waals surface area contributed by atoms with Gasteiger partial charge in [0, 0.05) is 5.02 Å². The zero-order valence-electron chi connectivity index (χ0n) is 10.2. The van der Waals surface area contributed by atoms with Gasteiger partial charge in [-0.1, -0.05) is 42.8 Å². The fourth-order valence-corrected chi connectivity index (χ4v) is 1.97. The number of aliphatic hydroxyl groups excluding tert-OH is 1. The van der Waals surface area contributed by atoms with E-state index in [0.717, 1.165) is 17.7 Å². The Morgan fingerprint density at radius 2 is 1.89 bits per heavy atom. The van der Waals surface area contributed by atoms with Crippen molar-refractivity contribution in [3.8, 4) is 11.5 Å². The Morgan fingerprint density at radius 3 is 2.56 bits per heavy atom. The lowest BCUT2D eigenvalue weighted by molar-refractivity contribution is 0.282. The number of para-hydroxylation sites is 1. The molecule has 0 heterocycles. The summed E-state index contributed by atoms with van der Waals surface area (Å²) in [5, 5.41) is 9.57. The maximum absolute atomic E-state index is 9.06. The number of halogens is 1. The van der Waals surface area contributed by atoms with E-state index < -0.39 is 0 Å². The van der Waals surface area contributed by atoms with Crippen LogP contribution in [-0.2, 0) is 13.0 Å². The molecule has 0 unspecified atom stereocenters. The fourth-order valence-electron chi connectivity index (χ4n) is 1.74. The number of benzene rings is 2. The number of aryl methyl sites for hydroxylation is 1. The van der Waals surface area contributed by atoms with Crippen molar-refractivity contribution in [2.45, 2.75) is 20.0 Å². The van der Waals surface area contributed by atoms with Crippen LogP contribution in [0, 0.1) is 0 Å². The Balaban J connectivity index is 2.26. The first-order valence-electron chi connectivity index (χ1n) is 5.89. The van der Waals surface area contributed by atoms with Gasteiger partial charge in [0.2, 0.25) is 0 Å². The highest BCUT2D eigenvalue weighted by molar-refractivity contribution is 6.31. The number of hydrogen-bond donors (Lipinski definition) is 1. The quantitative estimate of drug-likeness (QED) is 0.895. The van der Waals surface area contributed by atoms with E-state index in [1.807, 2.05) is 30.3 Å². The van der Waals surface area contributed by atoms with Gasteiger partial charge in [-0.2, -0.15) is 0 Å². The van der Waals surface area contributed by atoms with Crippen LogP contribution < -0.4 is 4.74 Å². The molecule has 3 heteroatoms. The SMILES string of the molecule is CCc1ccccc1Oc1ccc(CO)c(Cl)c1. The lowest BCUT2D eigenvalue weighted by Gasteiger charge is -2.11. The molecule has 0 aliphatic heterocycles. The van der Waals surface area contributed by atoms with Crippen LogP contribution in [-0.4, -0.2) is 5.11 Å². The van der Waals surface area contributed by atoms with E-state index in [2.05, 4.69) is 6.92 Å². The number of aliphatic hydroxyl groups is 1. The molecule has 94 valence electrons. The van der Waals surface area contributed by atoms with Crippen molar-refractivity contribution in [2.75, 3.05) is 0 Å². The third-order valence-corrected chi connectivity index (χ3v) is 3.13. The summed E-state index contributed by atoms with van der Waals surface area (Å²) in [6.07, 6.45) is 0.915. The van der Waals surface area contributed by atoms with Crippen molar-refractivity contribution < 1.29 is 9.84 Å². The fraction of sp³-hybridized carbons (Fsp3) is 0.200. The number of ether oxygens (including phenoxy) is 1. The first-order chi connectivity index (χ1) is 8.74. The maximum atomic E-state index is 9.06. The molecule has 0 bridgehead atoms. The van der Waals surface area contributed by atoms with Crippen LogP contribution in [0.3, 0.4) is 0 Å². The van der Waals surface area contributed by atoms with Crippen LogP contribution in [0.5, 0.6) is 11.5 Å². The topological polar surface area (TPSA) is 29.5 Å². The number of hydrogen-bond acceptors (Lipinski definition) is 2. The molecule has 0 radical (unpaired) electrons. The average Bonchev–Trinajstić information content (AvgIpc) is 2.39. The van der Waals surface area contributed by atoms with Crippen LogP contribution in [0.15, 0.2) is 42.5 Å². The van der Waals surface area contributed by atoms with Crippen LogP contribution in [0.2, 0.25) is 5.02 Å². The highest BCUT2D eigenvalue weighted by Gasteiger charge is 2.05. The van der Waals surface area contributed by atoms with Gasteiger partial charge in [-0.25, -0.2) is 0 Å². The molecule has 0 aliphatic rings. The minimum absolute atomic E-state index is 0.0648. The lowest BCUT2D eigenvalue weighted by atomic mass is 10.1. The summed E-state index contributed by atoms with van der Waals surface area (Å²) in [7, 11) is 0. The Hall–Kier alpha value is -1.51. The van der Waals surface area contributed by atoms with Gasteiger partial charge in [-0.3, -0.25) is 0 Å². The summed E-state index contributed by atoms with van der Waals surface area (Å²) >= 11 is 6.03. The summed E-state index contributed by atoms with van der Waals surface area (Å²) < 4.78 is 5.81. The molecule has 0 aliphatic carbocycles. The molecular formula is C15H15ClO2. The highest BCUT2D eigenvalue weighted by Crippen LogP contribution is 2.29. The molecule has 0 fully saturated rings. The maximum Gasteiger partial charge on any atom is 0.130 e. The molecule has 0 aromatic heterocycles. The Kier molecular flexibility index (Phi) is 4.24. The van der Waals surface area contributed by atoms with Crippen molar-refractivity contribution in [2.24, 2.45) is 0 Å². The third-order valence-electron chi connectivity index (χ3n) is 2.78. The van der Waals surface area contributed by atoms with Crippen LogP contribution in [0.4, 0.5) is 0 Å². The van der Waals surface area contributed by atoms with E-state index in [9.17, 15) is 0 Å². The third kappa shape index (κ3) is 2.84. The summed E-state index contributed by atoms with van der Waals surface area (Å²) in [5.41, 5.74) is 1.85. The Morgan fingerprint density at radius 1 is 1.11 bits per heavy atom. The molecule has 0 atom stereocenters. The van der Waals surface area contributed by atoms with Gasteiger partial charge in [0.05, 0.1) is 6.61 Å². The predicted molar refractivity (Wildman–Crippen MR) is 73.3 cm³/mol. The molecule has 2 aromatic rings. The molecule has 2 rings (SSSR count). The molecule has 2 aromatic carbocycles. The van der Waals surface area contributed by atoms with E-state index in [-0.39, 0.29) is 6.61 Å². The normalized spacial score (nSPS) is 10.4. The second-order valence-electron chi connectivity index (χ2n) is 3.97. The van der Waals surface area contributed by atoms with Crippen molar-refractivity contribution in [3.05, 3.63) is 58.6 Å². The van der Waals surface area contributed by atoms with Crippen molar-refractivity contribution >= 4 is 11.6 Å². The average molecular weight is 263 g/mol. The Labute approximate surface area is 112 Å². The van der Waals surface area contributed by atoms with Gasteiger partial charge in [0.25, 0.3) is 0 Å². The molecule has 0 saturated carbocycles. The first kappa shape index (κ1) is 12.9. The van der Waals surface area contributed by atoms with Crippen LogP contribution in [0.25, 0.3) is 0 Å². The second kappa shape index (κ2) is 5.89. The van der Waals surface area contributed by atoms with Gasteiger partial charge < -0.3 is 9.84 Å². The van der Waals surface area contributed by atoms with E-state index in [4.69, 9.17) is 21.4 Å². The zero-order chi connectivity index (χ0) is 13.0. The van der Waals surface area contributed by atoms with Gasteiger partial charge >= 0.3 is 0 Å². The molecule has 2 nitrogen and oxygen atoms in total. The molecular weight excluding hydrogens is 248 g/mol. The largest absolute Gasteiger partial charge is 0.457 e. The first-order valence-corrected chi connectivity index (χ1v) is 6.27. The van der Waals surface area contributed by atoms with E-state index in [1.165, 1.54) is 0 Å². The summed E-state index contributed by atoms with van der Waals surface area (Å²) in [6.45, 7) is 2.02. The summed E-state index contributed by atoms with van der Waals surface area (Å²) in [6, 6.07) is 13.2. The lowest BCUT2D eigenvalue weighted by Crippen LogP contribution is -1.91. The van der Waals surface area contributed by atoms with E-state index in [0.29, 0.717) is 16.3 Å². The summed E-state index contributed by atoms with van der Waals surface area (Å²) in [5.74, 6) is 1.52. The molecule has 0 saturated heterocycles. The smallest absolute Gasteiger partial charge is 0.130 e. The summed E-state index contributed by atoms with van der Waals surface area (Å²) in [4.78, 5) is 0.